The zero-order valence-corrected chi connectivity index (χ0v) is 30.2. The predicted molar refractivity (Wildman–Crippen MR) is 194 cm³/mol. The molecule has 1 atom stereocenters. The van der Waals surface area contributed by atoms with Crippen molar-refractivity contribution in [1.29, 1.82) is 0 Å². The number of aromatic nitrogens is 2. The Bertz CT molecular complexity index is 1600. The molecule has 12 heteroatoms. The van der Waals surface area contributed by atoms with E-state index in [0.717, 1.165) is 12.3 Å². The van der Waals surface area contributed by atoms with E-state index in [1.54, 1.807) is 31.2 Å². The van der Waals surface area contributed by atoms with Crippen molar-refractivity contribution < 1.29 is 27.8 Å². The monoisotopic (exact) mass is 701 g/mol. The van der Waals surface area contributed by atoms with Crippen LogP contribution in [0.25, 0.3) is 5.52 Å². The number of alkyl halides is 3. The van der Waals surface area contributed by atoms with Crippen molar-refractivity contribution in [3.8, 4) is 29.9 Å². The summed E-state index contributed by atoms with van der Waals surface area (Å²) >= 11 is -0.288. The minimum Gasteiger partial charge on any atom is -0.495 e. The number of hydrogen-bond donors (Lipinski definition) is 3. The molecule has 1 saturated heterocycles. The lowest BCUT2D eigenvalue weighted by Gasteiger charge is -2.44. The summed E-state index contributed by atoms with van der Waals surface area (Å²) < 4.78 is 45.9. The van der Waals surface area contributed by atoms with Crippen LogP contribution in [0.1, 0.15) is 95.6 Å². The Morgan fingerprint density at radius 2 is 1.90 bits per heavy atom. The normalized spacial score (nSPS) is 13.7. The highest BCUT2D eigenvalue weighted by Gasteiger charge is 2.39. The number of anilines is 2. The van der Waals surface area contributed by atoms with Crippen molar-refractivity contribution in [3.05, 3.63) is 47.7 Å². The fraction of sp³-hybridized carbons (Fsp3) is 0.514. The first-order valence-electron chi connectivity index (χ1n) is 16.7. The molecular formula is C37H50F3N5O3S. The third-order valence-electron chi connectivity index (χ3n) is 7.55. The molecule has 1 aliphatic heterocycles. The molecule has 0 unspecified atom stereocenters. The number of benzene rings is 1. The zero-order chi connectivity index (χ0) is 36.6. The topological polar surface area (TPSA) is 105 Å². The Kier molecular flexibility index (Phi) is 16.7. The number of terminal acetylenes is 1. The minimum absolute atomic E-state index is 0.0367. The number of amides is 1. The van der Waals surface area contributed by atoms with E-state index in [4.69, 9.17) is 16.9 Å². The van der Waals surface area contributed by atoms with Gasteiger partial charge in [0.15, 0.2) is 0 Å². The van der Waals surface area contributed by atoms with Crippen molar-refractivity contribution in [3.63, 3.8) is 0 Å². The van der Waals surface area contributed by atoms with Gasteiger partial charge in [-0.25, -0.2) is 4.52 Å². The van der Waals surface area contributed by atoms with Gasteiger partial charge in [-0.3, -0.25) is 4.79 Å². The lowest BCUT2D eigenvalue weighted by atomic mass is 9.96. The first-order chi connectivity index (χ1) is 23.3. The van der Waals surface area contributed by atoms with Gasteiger partial charge in [0, 0.05) is 12.0 Å². The Labute approximate surface area is 293 Å². The van der Waals surface area contributed by atoms with Crippen LogP contribution in [0.15, 0.2) is 41.3 Å². The number of nitrogen functional groups attached to an aromatic ring is 1. The quantitative estimate of drug-likeness (QED) is 0.0993. The number of rotatable bonds is 12. The summed E-state index contributed by atoms with van der Waals surface area (Å²) in [6.07, 6.45) is 14.1. The smallest absolute Gasteiger partial charge is 0.446 e. The van der Waals surface area contributed by atoms with Crippen LogP contribution in [0.3, 0.4) is 0 Å². The van der Waals surface area contributed by atoms with Gasteiger partial charge in [-0.1, -0.05) is 71.8 Å². The highest BCUT2D eigenvalue weighted by molar-refractivity contribution is 8.00. The van der Waals surface area contributed by atoms with Gasteiger partial charge in [0.05, 0.1) is 48.4 Å². The molecule has 0 spiro atoms. The molecule has 8 nitrogen and oxygen atoms in total. The fourth-order valence-electron chi connectivity index (χ4n) is 5.12. The summed E-state index contributed by atoms with van der Waals surface area (Å²) in [4.78, 5) is 14.0. The fourth-order valence-corrected chi connectivity index (χ4v) is 5.80. The van der Waals surface area contributed by atoms with Gasteiger partial charge in [0.1, 0.15) is 17.3 Å². The maximum absolute atomic E-state index is 13.1. The van der Waals surface area contributed by atoms with Crippen molar-refractivity contribution in [2.24, 2.45) is 5.92 Å². The Balaban J connectivity index is 0.000000505. The number of nitrogens with two attached hydrogens (primary N) is 1. The molecule has 49 heavy (non-hydrogen) atoms. The third-order valence-corrected chi connectivity index (χ3v) is 8.39. The van der Waals surface area contributed by atoms with E-state index in [1.165, 1.54) is 67.2 Å². The number of hydrogen-bond acceptors (Lipinski definition) is 7. The average Bonchev–Trinajstić information content (AvgIpc) is 3.40. The van der Waals surface area contributed by atoms with Crippen LogP contribution in [-0.2, 0) is 0 Å². The molecular weight excluding hydrogens is 652 g/mol. The molecule has 0 aliphatic carbocycles. The maximum atomic E-state index is 13.1. The van der Waals surface area contributed by atoms with E-state index >= 15 is 0 Å². The standard InChI is InChI=1S/C23H22F3N5O3S.C12H22.C2H6/c1-22(33)12-30(13-22)21(32)14-8-9-15(18(11-14)34-2)28-10-4-5-16-20(35-23(24,25)26)17-6-3-7-19(27)31(17)29-16;1-4-6-8-9-11-12(3)10-7-5-2;1-2/h3,6-9,11,28,33H,10,12-13,27H2,1-2H3;1,12H,5-11H2,2-3H3;1-2H3/t;12-;/m.1./s1. The van der Waals surface area contributed by atoms with Crippen LogP contribution in [0.2, 0.25) is 0 Å². The van der Waals surface area contributed by atoms with E-state index in [2.05, 4.69) is 42.0 Å². The molecule has 3 aromatic rings. The largest absolute Gasteiger partial charge is 0.495 e. The van der Waals surface area contributed by atoms with Crippen molar-refractivity contribution >= 4 is 34.7 Å². The van der Waals surface area contributed by atoms with Crippen LogP contribution < -0.4 is 15.8 Å². The molecule has 1 aromatic carbocycles. The number of pyridine rings is 1. The van der Waals surface area contributed by atoms with E-state index in [9.17, 15) is 23.1 Å². The van der Waals surface area contributed by atoms with Gasteiger partial charge in [0.2, 0.25) is 0 Å². The van der Waals surface area contributed by atoms with Crippen LogP contribution in [0, 0.1) is 30.1 Å². The molecule has 4 rings (SSSR count). The lowest BCUT2D eigenvalue weighted by Crippen LogP contribution is -2.61. The molecule has 1 aliphatic rings. The molecule has 268 valence electrons. The summed E-state index contributed by atoms with van der Waals surface area (Å²) in [5.41, 5.74) is 1.60. The lowest BCUT2D eigenvalue weighted by molar-refractivity contribution is -0.0668. The number of methoxy groups -OCH3 is 1. The van der Waals surface area contributed by atoms with Gasteiger partial charge in [-0.05, 0) is 67.3 Å². The van der Waals surface area contributed by atoms with E-state index in [1.807, 2.05) is 13.8 Å². The van der Waals surface area contributed by atoms with Crippen molar-refractivity contribution in [1.82, 2.24) is 14.5 Å². The molecule has 2 aromatic heterocycles. The number of halogens is 3. The van der Waals surface area contributed by atoms with Crippen LogP contribution in [-0.4, -0.2) is 63.4 Å². The molecule has 3 heterocycles. The van der Waals surface area contributed by atoms with Crippen LogP contribution >= 0.6 is 11.8 Å². The Morgan fingerprint density at radius 1 is 1.20 bits per heavy atom. The van der Waals surface area contributed by atoms with Gasteiger partial charge in [-0.15, -0.1) is 12.3 Å². The molecule has 1 fully saturated rings. The maximum Gasteiger partial charge on any atom is 0.446 e. The Morgan fingerprint density at radius 3 is 2.51 bits per heavy atom. The number of ether oxygens (including phenoxy) is 1. The summed E-state index contributed by atoms with van der Waals surface area (Å²) in [6.45, 7) is 10.9. The molecule has 0 bridgehead atoms. The number of carbonyl (C=O) groups excluding carboxylic acids is 1. The number of nitrogens with one attached hydrogen (secondary N) is 1. The van der Waals surface area contributed by atoms with Crippen molar-refractivity contribution in [2.75, 3.05) is 37.8 Å². The summed E-state index contributed by atoms with van der Waals surface area (Å²) in [6, 6.07) is 9.44. The minimum atomic E-state index is -4.51. The molecule has 4 N–H and O–H groups in total. The van der Waals surface area contributed by atoms with Gasteiger partial charge >= 0.3 is 5.51 Å². The summed E-state index contributed by atoms with van der Waals surface area (Å²) in [7, 11) is 1.45. The zero-order valence-electron chi connectivity index (χ0n) is 29.4. The highest BCUT2D eigenvalue weighted by atomic mass is 32.2. The van der Waals surface area contributed by atoms with E-state index < -0.39 is 11.1 Å². The van der Waals surface area contributed by atoms with Gasteiger partial charge < -0.3 is 25.8 Å². The third kappa shape index (κ3) is 13.1. The van der Waals surface area contributed by atoms with Gasteiger partial charge in [0.25, 0.3) is 5.91 Å². The number of nitrogens with zero attached hydrogens (tertiary/aromatic N) is 3. The number of unbranched alkanes of at least 4 members (excludes halogenated alkanes) is 3. The SMILES string of the molecule is C#CCCCC[C@H](C)CCCC.CC.COc1cc(C(=O)N2CC(C)(O)C2)ccc1NCC#Cc1nn2c(N)cccc2c1SC(F)(F)F. The number of β-amino-alcohol motifs (C(OH)–C–C–N with tert-alkyl or cyclic N) is 1. The number of thioether (sulfide) groups is 1. The second-order valence-electron chi connectivity index (χ2n) is 11.9. The number of aliphatic hydroxyl groups is 1. The highest BCUT2D eigenvalue weighted by Crippen LogP contribution is 2.41. The number of likely N-dealkylation sites (tertiary alicyclic amines) is 1. The first kappa shape index (κ1) is 41.2. The van der Waals surface area contributed by atoms with Crippen LogP contribution in [0.5, 0.6) is 5.75 Å². The van der Waals surface area contributed by atoms with Crippen LogP contribution in [0.4, 0.5) is 24.7 Å². The average molecular weight is 702 g/mol. The predicted octanol–water partition coefficient (Wildman–Crippen LogP) is 8.24. The van der Waals surface area contributed by atoms with Crippen molar-refractivity contribution in [2.45, 2.75) is 95.6 Å². The Hall–Kier alpha value is -4.00. The second-order valence-corrected chi connectivity index (χ2v) is 13.0. The number of carbonyl (C=O) groups is 1. The molecule has 0 radical (unpaired) electrons. The molecule has 0 saturated carbocycles. The number of fused-ring (bicyclic) bond motifs is 1. The van der Waals surface area contributed by atoms with E-state index in [0.29, 0.717) is 17.0 Å². The first-order valence-corrected chi connectivity index (χ1v) is 17.5. The summed E-state index contributed by atoms with van der Waals surface area (Å²) in [5, 5.41) is 17.0. The second kappa shape index (κ2) is 19.9. The molecule has 1 amide bonds. The van der Waals surface area contributed by atoms with Gasteiger partial charge in [-0.2, -0.15) is 18.3 Å². The summed E-state index contributed by atoms with van der Waals surface area (Å²) in [5.74, 6) is 9.42. The van der Waals surface area contributed by atoms with E-state index in [-0.39, 0.29) is 59.2 Å².